The molecule has 2 atom stereocenters. The maximum atomic E-state index is 12.9. The number of halogens is 1. The van der Waals surface area contributed by atoms with E-state index in [9.17, 15) is 4.79 Å². The highest BCUT2D eigenvalue weighted by Crippen LogP contribution is 2.22. The molecule has 0 bridgehead atoms. The Morgan fingerprint density at radius 2 is 2.08 bits per heavy atom. The molecule has 2 heterocycles. The van der Waals surface area contributed by atoms with Crippen LogP contribution in [0.1, 0.15) is 35.8 Å². The lowest BCUT2D eigenvalue weighted by molar-refractivity contribution is 0.0660. The van der Waals surface area contributed by atoms with Crippen molar-refractivity contribution < 1.29 is 4.79 Å². The van der Waals surface area contributed by atoms with Gasteiger partial charge in [-0.1, -0.05) is 11.6 Å². The lowest BCUT2D eigenvalue weighted by Gasteiger charge is -2.34. The summed E-state index contributed by atoms with van der Waals surface area (Å²) in [6.07, 6.45) is 3.89. The van der Waals surface area contributed by atoms with E-state index in [1.807, 2.05) is 43.0 Å². The van der Waals surface area contributed by atoms with Crippen LogP contribution in [0.2, 0.25) is 5.02 Å². The molecule has 1 fully saturated rings. The first-order valence-electron chi connectivity index (χ1n) is 8.33. The molecule has 6 heteroatoms. The summed E-state index contributed by atoms with van der Waals surface area (Å²) >= 11 is 5.93. The van der Waals surface area contributed by atoms with Crippen molar-refractivity contribution in [1.29, 1.82) is 0 Å². The number of amides is 1. The Morgan fingerprint density at radius 1 is 1.38 bits per heavy atom. The number of rotatable bonds is 3. The van der Waals surface area contributed by atoms with Gasteiger partial charge in [0.05, 0.1) is 16.9 Å². The van der Waals surface area contributed by atoms with E-state index in [2.05, 4.69) is 5.10 Å². The number of carbonyl (C=O) groups is 1. The first-order valence-corrected chi connectivity index (χ1v) is 8.70. The molecular formula is C18H23ClN4O. The molecule has 0 saturated carbocycles. The van der Waals surface area contributed by atoms with E-state index >= 15 is 0 Å². The van der Waals surface area contributed by atoms with E-state index in [-0.39, 0.29) is 11.9 Å². The average molecular weight is 347 g/mol. The highest BCUT2D eigenvalue weighted by Gasteiger charge is 2.28. The summed E-state index contributed by atoms with van der Waals surface area (Å²) in [4.78, 5) is 14.8. The summed E-state index contributed by atoms with van der Waals surface area (Å²) in [5, 5.41) is 5.16. The Morgan fingerprint density at radius 3 is 2.75 bits per heavy atom. The molecule has 0 aliphatic carbocycles. The minimum absolute atomic E-state index is 0.0399. The average Bonchev–Trinajstić information content (AvgIpc) is 2.96. The summed E-state index contributed by atoms with van der Waals surface area (Å²) < 4.78 is 1.73. The zero-order valence-electron chi connectivity index (χ0n) is 14.1. The van der Waals surface area contributed by atoms with Crippen molar-refractivity contribution in [2.45, 2.75) is 32.7 Å². The Kier molecular flexibility index (Phi) is 4.92. The zero-order valence-corrected chi connectivity index (χ0v) is 14.8. The second-order valence-electron chi connectivity index (χ2n) is 6.56. The Bertz CT molecular complexity index is 723. The minimum Gasteiger partial charge on any atom is -0.338 e. The van der Waals surface area contributed by atoms with Crippen molar-refractivity contribution in [3.8, 4) is 5.69 Å². The molecule has 1 aliphatic rings. The second kappa shape index (κ2) is 6.95. The van der Waals surface area contributed by atoms with Crippen LogP contribution in [0, 0.1) is 12.8 Å². The minimum atomic E-state index is 0.0399. The molecule has 1 aromatic carbocycles. The van der Waals surface area contributed by atoms with Crippen LogP contribution in [-0.2, 0) is 0 Å². The third-order valence-electron chi connectivity index (χ3n) is 4.71. The third-order valence-corrected chi connectivity index (χ3v) is 4.96. The van der Waals surface area contributed by atoms with Crippen molar-refractivity contribution in [3.63, 3.8) is 0 Å². The van der Waals surface area contributed by atoms with Gasteiger partial charge in [-0.3, -0.25) is 4.79 Å². The lowest BCUT2D eigenvalue weighted by atomic mass is 9.92. The first kappa shape index (κ1) is 17.0. The summed E-state index contributed by atoms with van der Waals surface area (Å²) in [5.74, 6) is 0.410. The van der Waals surface area contributed by atoms with Crippen LogP contribution in [0.3, 0.4) is 0 Å². The van der Waals surface area contributed by atoms with E-state index < -0.39 is 0 Å². The smallest absolute Gasteiger partial charge is 0.257 e. The molecule has 1 saturated heterocycles. The van der Waals surface area contributed by atoms with Gasteiger partial charge in [0.25, 0.3) is 5.91 Å². The largest absolute Gasteiger partial charge is 0.338 e. The van der Waals surface area contributed by atoms with Crippen LogP contribution in [0.4, 0.5) is 0 Å². The number of hydrogen-bond acceptors (Lipinski definition) is 3. The lowest BCUT2D eigenvalue weighted by Crippen LogP contribution is -2.45. The van der Waals surface area contributed by atoms with Crippen LogP contribution < -0.4 is 5.73 Å². The van der Waals surface area contributed by atoms with Gasteiger partial charge in [0, 0.05) is 30.4 Å². The summed E-state index contributed by atoms with van der Waals surface area (Å²) in [6.45, 7) is 5.39. The molecule has 24 heavy (non-hydrogen) atoms. The van der Waals surface area contributed by atoms with E-state index in [4.69, 9.17) is 17.3 Å². The fraction of sp³-hybridized carbons (Fsp3) is 0.444. The monoisotopic (exact) mass is 346 g/mol. The van der Waals surface area contributed by atoms with Gasteiger partial charge in [0.2, 0.25) is 0 Å². The van der Waals surface area contributed by atoms with Gasteiger partial charge in [0.15, 0.2) is 0 Å². The number of nitrogens with zero attached hydrogens (tertiary/aromatic N) is 3. The van der Waals surface area contributed by atoms with Gasteiger partial charge in [0.1, 0.15) is 0 Å². The summed E-state index contributed by atoms with van der Waals surface area (Å²) in [6, 6.07) is 7.51. The van der Waals surface area contributed by atoms with E-state index in [0.29, 0.717) is 16.5 Å². The number of likely N-dealkylation sites (tertiary alicyclic amines) is 1. The van der Waals surface area contributed by atoms with Gasteiger partial charge >= 0.3 is 0 Å². The van der Waals surface area contributed by atoms with Crippen molar-refractivity contribution in [1.82, 2.24) is 14.7 Å². The fourth-order valence-corrected chi connectivity index (χ4v) is 3.32. The SMILES string of the molecule is Cc1nn(-c2ccc(Cl)cc2)cc1C(=O)N1CCC[C@@H]([C@@H](C)N)C1. The number of hydrogen-bond donors (Lipinski definition) is 1. The topological polar surface area (TPSA) is 64.2 Å². The van der Waals surface area contributed by atoms with Gasteiger partial charge in [-0.15, -0.1) is 0 Å². The van der Waals surface area contributed by atoms with Crippen molar-refractivity contribution in [2.75, 3.05) is 13.1 Å². The van der Waals surface area contributed by atoms with Crippen molar-refractivity contribution in [3.05, 3.63) is 46.7 Å². The number of piperidine rings is 1. The number of carbonyl (C=O) groups excluding carboxylic acids is 1. The van der Waals surface area contributed by atoms with Gasteiger partial charge in [-0.05, 0) is 56.9 Å². The molecule has 1 aliphatic heterocycles. The molecule has 128 valence electrons. The van der Waals surface area contributed by atoms with E-state index in [1.165, 1.54) is 0 Å². The van der Waals surface area contributed by atoms with E-state index in [1.54, 1.807) is 10.9 Å². The van der Waals surface area contributed by atoms with Gasteiger partial charge in [-0.25, -0.2) is 4.68 Å². The summed E-state index contributed by atoms with van der Waals surface area (Å²) in [5.41, 5.74) is 8.29. The third kappa shape index (κ3) is 3.47. The second-order valence-corrected chi connectivity index (χ2v) is 7.00. The molecule has 5 nitrogen and oxygen atoms in total. The van der Waals surface area contributed by atoms with Crippen LogP contribution in [0.25, 0.3) is 5.69 Å². The first-order chi connectivity index (χ1) is 11.5. The Hall–Kier alpha value is -1.85. The molecule has 0 radical (unpaired) electrons. The molecule has 1 aromatic heterocycles. The number of nitrogens with two attached hydrogens (primary N) is 1. The van der Waals surface area contributed by atoms with Gasteiger partial charge in [-0.2, -0.15) is 5.10 Å². The van der Waals surface area contributed by atoms with Crippen molar-refractivity contribution in [2.24, 2.45) is 11.7 Å². The molecule has 2 N–H and O–H groups in total. The number of benzene rings is 1. The quantitative estimate of drug-likeness (QED) is 0.929. The predicted molar refractivity (Wildman–Crippen MR) is 95.6 cm³/mol. The zero-order chi connectivity index (χ0) is 17.3. The standard InChI is InChI=1S/C18H23ClN4O/c1-12(20)14-4-3-9-22(10-14)18(24)17-11-23(21-13(17)2)16-7-5-15(19)6-8-16/h5-8,11-12,14H,3-4,9-10,20H2,1-2H3/t12-,14-/m1/s1. The molecule has 0 spiro atoms. The maximum Gasteiger partial charge on any atom is 0.257 e. The summed E-state index contributed by atoms with van der Waals surface area (Å²) in [7, 11) is 0. The Labute approximate surface area is 147 Å². The Balaban J connectivity index is 1.81. The number of aromatic nitrogens is 2. The molecule has 2 aromatic rings. The molecule has 0 unspecified atom stereocenters. The molecule has 1 amide bonds. The van der Waals surface area contributed by atoms with Crippen LogP contribution in [-0.4, -0.2) is 39.7 Å². The number of aryl methyl sites for hydroxylation is 1. The van der Waals surface area contributed by atoms with Crippen LogP contribution in [0.15, 0.2) is 30.5 Å². The predicted octanol–water partition coefficient (Wildman–Crippen LogP) is 3.03. The van der Waals surface area contributed by atoms with Gasteiger partial charge < -0.3 is 10.6 Å². The highest BCUT2D eigenvalue weighted by molar-refractivity contribution is 6.30. The maximum absolute atomic E-state index is 12.9. The molecular weight excluding hydrogens is 324 g/mol. The van der Waals surface area contributed by atoms with Crippen molar-refractivity contribution >= 4 is 17.5 Å². The normalized spacial score (nSPS) is 19.3. The highest BCUT2D eigenvalue weighted by atomic mass is 35.5. The van der Waals surface area contributed by atoms with E-state index in [0.717, 1.165) is 37.3 Å². The van der Waals surface area contributed by atoms with Crippen LogP contribution in [0.5, 0.6) is 0 Å². The fourth-order valence-electron chi connectivity index (χ4n) is 3.19. The molecule has 3 rings (SSSR count). The van der Waals surface area contributed by atoms with Crippen LogP contribution >= 0.6 is 11.6 Å².